The maximum atomic E-state index is 11.6. The molecule has 1 aromatic carbocycles. The molecule has 1 fully saturated rings. The highest BCUT2D eigenvalue weighted by molar-refractivity contribution is 5.85. The number of nitrogens with one attached hydrogen (secondary N) is 3. The van der Waals surface area contributed by atoms with Crippen LogP contribution in [0.5, 0.6) is 11.5 Å². The lowest BCUT2D eigenvalue weighted by Crippen LogP contribution is -2.45. The Morgan fingerprint density at radius 2 is 1.81 bits per heavy atom. The number of guanidine groups is 1. The van der Waals surface area contributed by atoms with Crippen molar-refractivity contribution in [1.29, 1.82) is 0 Å². The third-order valence-corrected chi connectivity index (χ3v) is 4.33. The van der Waals surface area contributed by atoms with Gasteiger partial charge >= 0.3 is 0 Å². The zero-order valence-electron chi connectivity index (χ0n) is 16.7. The summed E-state index contributed by atoms with van der Waals surface area (Å²) in [6, 6.07) is 6.14. The minimum atomic E-state index is -0.0776. The van der Waals surface area contributed by atoms with E-state index in [1.54, 1.807) is 14.2 Å². The first-order chi connectivity index (χ1) is 13.1. The number of amides is 1. The van der Waals surface area contributed by atoms with Crippen LogP contribution in [0.1, 0.15) is 20.3 Å². The first kappa shape index (κ1) is 20.7. The lowest BCUT2D eigenvalue weighted by atomic mass is 10.2. The van der Waals surface area contributed by atoms with Gasteiger partial charge in [-0.3, -0.25) is 4.79 Å². The molecular formula is C19H31N5O3. The summed E-state index contributed by atoms with van der Waals surface area (Å²) in [6.45, 7) is 7.13. The summed E-state index contributed by atoms with van der Waals surface area (Å²) >= 11 is 0. The highest BCUT2D eigenvalue weighted by Gasteiger charge is 2.24. The Labute approximate surface area is 161 Å². The number of benzene rings is 1. The van der Waals surface area contributed by atoms with Gasteiger partial charge in [-0.15, -0.1) is 0 Å². The monoisotopic (exact) mass is 377 g/mol. The predicted molar refractivity (Wildman–Crippen MR) is 108 cm³/mol. The van der Waals surface area contributed by atoms with Crippen molar-refractivity contribution in [3.05, 3.63) is 18.2 Å². The second-order valence-corrected chi connectivity index (χ2v) is 6.30. The average molecular weight is 377 g/mol. The van der Waals surface area contributed by atoms with Gasteiger partial charge in [0.25, 0.3) is 0 Å². The summed E-state index contributed by atoms with van der Waals surface area (Å²) in [5.74, 6) is 2.14. The fraction of sp³-hybridized carbons (Fsp3) is 0.579. The molecule has 0 aliphatic carbocycles. The molecule has 27 heavy (non-hydrogen) atoms. The van der Waals surface area contributed by atoms with E-state index in [0.29, 0.717) is 12.5 Å². The standard InChI is InChI=1S/C19H31N5O3/c1-5-20-18(25)12-22-19(21-6-2)23-14-7-8-24(13-14)15-9-16(26-3)11-17(10-15)27-4/h9-11,14H,5-8,12-13H2,1-4H3,(H,20,25)(H2,21,22,23). The average Bonchev–Trinajstić information content (AvgIpc) is 3.14. The van der Waals surface area contributed by atoms with Crippen LogP contribution in [-0.4, -0.2) is 64.9 Å². The van der Waals surface area contributed by atoms with E-state index in [-0.39, 0.29) is 18.5 Å². The fourth-order valence-electron chi connectivity index (χ4n) is 3.00. The number of hydrogen-bond acceptors (Lipinski definition) is 5. The number of carbonyl (C=O) groups excluding carboxylic acids is 1. The van der Waals surface area contributed by atoms with Crippen LogP contribution in [0, 0.1) is 0 Å². The number of ether oxygens (including phenoxy) is 2. The van der Waals surface area contributed by atoms with Gasteiger partial charge in [0.05, 0.1) is 14.2 Å². The molecular weight excluding hydrogens is 346 g/mol. The molecule has 1 aliphatic rings. The molecule has 1 unspecified atom stereocenters. The van der Waals surface area contributed by atoms with Crippen LogP contribution >= 0.6 is 0 Å². The van der Waals surface area contributed by atoms with Gasteiger partial charge in [-0.1, -0.05) is 0 Å². The summed E-state index contributed by atoms with van der Waals surface area (Å²) in [5.41, 5.74) is 1.07. The van der Waals surface area contributed by atoms with Crippen LogP contribution in [0.3, 0.4) is 0 Å². The zero-order chi connectivity index (χ0) is 19.6. The van der Waals surface area contributed by atoms with Gasteiger partial charge in [0.1, 0.15) is 18.0 Å². The number of anilines is 1. The van der Waals surface area contributed by atoms with Crippen molar-refractivity contribution in [2.75, 3.05) is 51.8 Å². The van der Waals surface area contributed by atoms with E-state index >= 15 is 0 Å². The first-order valence-electron chi connectivity index (χ1n) is 9.39. The Bertz CT molecular complexity index is 628. The summed E-state index contributed by atoms with van der Waals surface area (Å²) in [6.07, 6.45) is 0.977. The topological polar surface area (TPSA) is 87.2 Å². The van der Waals surface area contributed by atoms with Crippen LogP contribution in [0.2, 0.25) is 0 Å². The Kier molecular flexibility index (Phi) is 8.03. The third kappa shape index (κ3) is 6.23. The van der Waals surface area contributed by atoms with E-state index in [4.69, 9.17) is 9.47 Å². The van der Waals surface area contributed by atoms with E-state index in [0.717, 1.165) is 43.2 Å². The molecule has 1 atom stereocenters. The lowest BCUT2D eigenvalue weighted by Gasteiger charge is -2.21. The predicted octanol–water partition coefficient (Wildman–Crippen LogP) is 0.974. The van der Waals surface area contributed by atoms with Crippen molar-refractivity contribution >= 4 is 17.6 Å². The maximum Gasteiger partial charge on any atom is 0.241 e. The largest absolute Gasteiger partial charge is 0.497 e. The number of methoxy groups -OCH3 is 2. The van der Waals surface area contributed by atoms with Crippen LogP contribution in [-0.2, 0) is 4.79 Å². The molecule has 3 N–H and O–H groups in total. The molecule has 1 saturated heterocycles. The highest BCUT2D eigenvalue weighted by atomic mass is 16.5. The van der Waals surface area contributed by atoms with Gasteiger partial charge in [-0.05, 0) is 20.3 Å². The number of aliphatic imine (C=N–C) groups is 1. The Morgan fingerprint density at radius 3 is 2.41 bits per heavy atom. The van der Waals surface area contributed by atoms with Crippen molar-refractivity contribution in [2.24, 2.45) is 4.99 Å². The molecule has 1 amide bonds. The van der Waals surface area contributed by atoms with E-state index in [1.807, 2.05) is 32.0 Å². The van der Waals surface area contributed by atoms with Gasteiger partial charge in [0, 0.05) is 56.1 Å². The molecule has 1 heterocycles. The summed E-state index contributed by atoms with van der Waals surface area (Å²) in [4.78, 5) is 18.3. The first-order valence-corrected chi connectivity index (χ1v) is 9.39. The highest BCUT2D eigenvalue weighted by Crippen LogP contribution is 2.30. The minimum absolute atomic E-state index is 0.0776. The molecule has 2 rings (SSSR count). The molecule has 150 valence electrons. The van der Waals surface area contributed by atoms with Crippen LogP contribution in [0.25, 0.3) is 0 Å². The molecule has 1 aliphatic heterocycles. The minimum Gasteiger partial charge on any atom is -0.497 e. The van der Waals surface area contributed by atoms with Crippen LogP contribution in [0.4, 0.5) is 5.69 Å². The SMILES string of the molecule is CCNC(=O)CN=C(NCC)NC1CCN(c2cc(OC)cc(OC)c2)C1. The van der Waals surface area contributed by atoms with Gasteiger partial charge in [0.2, 0.25) is 5.91 Å². The van der Waals surface area contributed by atoms with E-state index < -0.39 is 0 Å². The molecule has 8 heteroatoms. The Balaban J connectivity index is 1.99. The smallest absolute Gasteiger partial charge is 0.241 e. The molecule has 0 saturated carbocycles. The normalized spacial score (nSPS) is 16.8. The van der Waals surface area contributed by atoms with Gasteiger partial charge < -0.3 is 30.3 Å². The Hall–Kier alpha value is -2.64. The maximum absolute atomic E-state index is 11.6. The number of rotatable bonds is 8. The molecule has 8 nitrogen and oxygen atoms in total. The molecule has 0 bridgehead atoms. The van der Waals surface area contributed by atoms with E-state index in [1.165, 1.54) is 0 Å². The number of hydrogen-bond donors (Lipinski definition) is 3. The van der Waals surface area contributed by atoms with Gasteiger partial charge in [-0.2, -0.15) is 0 Å². The summed E-state index contributed by atoms with van der Waals surface area (Å²) in [7, 11) is 3.31. The van der Waals surface area contributed by atoms with Crippen molar-refractivity contribution in [3.8, 4) is 11.5 Å². The van der Waals surface area contributed by atoms with Gasteiger partial charge in [-0.25, -0.2) is 4.99 Å². The van der Waals surface area contributed by atoms with Crippen molar-refractivity contribution in [3.63, 3.8) is 0 Å². The van der Waals surface area contributed by atoms with Crippen LogP contribution in [0.15, 0.2) is 23.2 Å². The van der Waals surface area contributed by atoms with Crippen molar-refractivity contribution in [2.45, 2.75) is 26.3 Å². The van der Waals surface area contributed by atoms with E-state index in [9.17, 15) is 4.79 Å². The third-order valence-electron chi connectivity index (χ3n) is 4.33. The lowest BCUT2D eigenvalue weighted by molar-refractivity contribution is -0.119. The summed E-state index contributed by atoms with van der Waals surface area (Å²) < 4.78 is 10.7. The van der Waals surface area contributed by atoms with E-state index in [2.05, 4.69) is 25.8 Å². The molecule has 0 aromatic heterocycles. The molecule has 1 aromatic rings. The molecule has 0 spiro atoms. The Morgan fingerprint density at radius 1 is 1.15 bits per heavy atom. The number of likely N-dealkylation sites (N-methyl/N-ethyl adjacent to an activating group) is 1. The second-order valence-electron chi connectivity index (χ2n) is 6.30. The summed E-state index contributed by atoms with van der Waals surface area (Å²) in [5, 5.41) is 9.38. The quantitative estimate of drug-likeness (QED) is 0.462. The molecule has 0 radical (unpaired) electrons. The van der Waals surface area contributed by atoms with Crippen molar-refractivity contribution in [1.82, 2.24) is 16.0 Å². The number of nitrogens with zero attached hydrogens (tertiary/aromatic N) is 2. The fourth-order valence-corrected chi connectivity index (χ4v) is 3.00. The van der Waals surface area contributed by atoms with Crippen LogP contribution < -0.4 is 30.3 Å². The zero-order valence-corrected chi connectivity index (χ0v) is 16.7. The van der Waals surface area contributed by atoms with Gasteiger partial charge in [0.15, 0.2) is 5.96 Å². The second kappa shape index (κ2) is 10.5. The van der Waals surface area contributed by atoms with Crippen molar-refractivity contribution < 1.29 is 14.3 Å². The number of carbonyl (C=O) groups is 1.